The van der Waals surface area contributed by atoms with E-state index in [1.807, 2.05) is 23.5 Å². The zero-order valence-electron chi connectivity index (χ0n) is 16.1. The molecule has 0 amide bonds. The van der Waals surface area contributed by atoms with Gasteiger partial charge in [0.15, 0.2) is 0 Å². The van der Waals surface area contributed by atoms with Crippen LogP contribution in [0.15, 0.2) is 79.4 Å². The second-order valence-corrected chi connectivity index (χ2v) is 8.26. The first-order valence-electron chi connectivity index (χ1n) is 9.50. The lowest BCUT2D eigenvalue weighted by Crippen LogP contribution is -1.97. The molecule has 2 aromatic heterocycles. The van der Waals surface area contributed by atoms with Crippen LogP contribution >= 0.6 is 11.3 Å². The van der Waals surface area contributed by atoms with Crippen molar-refractivity contribution in [1.82, 2.24) is 4.57 Å². The number of aryl methyl sites for hydroxylation is 1. The van der Waals surface area contributed by atoms with E-state index in [1.54, 1.807) is 0 Å². The van der Waals surface area contributed by atoms with Crippen LogP contribution in [0.25, 0.3) is 42.8 Å². The predicted molar refractivity (Wildman–Crippen MR) is 125 cm³/mol. The summed E-state index contributed by atoms with van der Waals surface area (Å²) in [5.41, 5.74) is 6.29. The molecule has 0 aliphatic heterocycles. The van der Waals surface area contributed by atoms with Crippen molar-refractivity contribution in [2.24, 2.45) is 0 Å². The lowest BCUT2D eigenvalue weighted by atomic mass is 10.1. The molecule has 2 heteroatoms. The lowest BCUT2D eigenvalue weighted by Gasteiger charge is -2.10. The summed E-state index contributed by atoms with van der Waals surface area (Å²) in [5, 5.41) is 3.96. The molecule has 1 nitrogen and oxygen atoms in total. The van der Waals surface area contributed by atoms with E-state index in [2.05, 4.69) is 91.7 Å². The Balaban J connectivity index is 1.99. The molecule has 5 aromatic rings. The summed E-state index contributed by atoms with van der Waals surface area (Å²) in [5.74, 6) is 0. The Morgan fingerprint density at radius 3 is 2.54 bits per heavy atom. The Kier molecular flexibility index (Phi) is 3.96. The third-order valence-corrected chi connectivity index (χ3v) is 6.61. The second kappa shape index (κ2) is 6.50. The topological polar surface area (TPSA) is 4.93 Å². The average Bonchev–Trinajstić information content (AvgIpc) is 3.21. The number of thiophene rings is 1. The maximum Gasteiger partial charge on any atom is 0.0716 e. The van der Waals surface area contributed by atoms with E-state index in [-0.39, 0.29) is 0 Å². The monoisotopic (exact) mass is 379 g/mol. The number of hydrogen-bond acceptors (Lipinski definition) is 1. The number of aromatic nitrogens is 1. The van der Waals surface area contributed by atoms with Gasteiger partial charge in [-0.15, -0.1) is 11.3 Å². The minimum absolute atomic E-state index is 1.21. The Labute approximate surface area is 168 Å². The van der Waals surface area contributed by atoms with Gasteiger partial charge in [0.2, 0.25) is 0 Å². The first-order chi connectivity index (χ1) is 13.7. The molecule has 0 aliphatic rings. The summed E-state index contributed by atoms with van der Waals surface area (Å²) < 4.78 is 5.10. The molecule has 0 atom stereocenters. The van der Waals surface area contributed by atoms with Crippen LogP contribution in [0, 0.1) is 13.8 Å². The third kappa shape index (κ3) is 2.45. The zero-order chi connectivity index (χ0) is 19.3. The molecule has 0 unspecified atom stereocenters. The van der Waals surface area contributed by atoms with Gasteiger partial charge in [-0.1, -0.05) is 67.3 Å². The number of allylic oxidation sites excluding steroid dienone is 2. The van der Waals surface area contributed by atoms with Crippen molar-refractivity contribution in [3.8, 4) is 5.69 Å². The van der Waals surface area contributed by atoms with Gasteiger partial charge < -0.3 is 4.57 Å². The summed E-state index contributed by atoms with van der Waals surface area (Å²) in [4.78, 5) is 0. The number of nitrogens with zero attached hydrogens (tertiary/aromatic N) is 1. The van der Waals surface area contributed by atoms with Crippen LogP contribution in [-0.2, 0) is 0 Å². The van der Waals surface area contributed by atoms with Crippen molar-refractivity contribution in [3.63, 3.8) is 0 Å². The Morgan fingerprint density at radius 2 is 1.71 bits per heavy atom. The van der Waals surface area contributed by atoms with Gasteiger partial charge >= 0.3 is 0 Å². The molecule has 0 saturated heterocycles. The summed E-state index contributed by atoms with van der Waals surface area (Å²) in [6.45, 7) is 8.21. The number of fused-ring (bicyclic) bond motifs is 5. The maximum atomic E-state index is 3.85. The van der Waals surface area contributed by atoms with Crippen LogP contribution in [0.3, 0.4) is 0 Å². The maximum absolute atomic E-state index is 3.85. The van der Waals surface area contributed by atoms with Crippen LogP contribution in [0.5, 0.6) is 0 Å². The van der Waals surface area contributed by atoms with Gasteiger partial charge in [-0.25, -0.2) is 0 Å². The fourth-order valence-corrected chi connectivity index (χ4v) is 5.40. The largest absolute Gasteiger partial charge is 0.312 e. The average molecular weight is 380 g/mol. The third-order valence-electron chi connectivity index (χ3n) is 5.42. The number of benzene rings is 3. The van der Waals surface area contributed by atoms with Crippen LogP contribution in [0.4, 0.5) is 0 Å². The summed E-state index contributed by atoms with van der Waals surface area (Å²) in [7, 11) is 0. The van der Waals surface area contributed by atoms with Crippen LogP contribution < -0.4 is 0 Å². The van der Waals surface area contributed by atoms with Gasteiger partial charge in [-0.2, -0.15) is 0 Å². The first kappa shape index (κ1) is 17.0. The fraction of sp³-hybridized carbons (Fsp3) is 0.0769. The summed E-state index contributed by atoms with van der Waals surface area (Å²) in [6, 6.07) is 22.0. The molecular weight excluding hydrogens is 358 g/mol. The van der Waals surface area contributed by atoms with Crippen LogP contribution in [0.2, 0.25) is 0 Å². The molecule has 0 fully saturated rings. The fourth-order valence-electron chi connectivity index (χ4n) is 4.16. The predicted octanol–water partition coefficient (Wildman–Crippen LogP) is 7.81. The zero-order valence-corrected chi connectivity index (χ0v) is 16.9. The quantitative estimate of drug-likeness (QED) is 0.282. The van der Waals surface area contributed by atoms with Gasteiger partial charge in [0.25, 0.3) is 0 Å². The van der Waals surface area contributed by atoms with Crippen LogP contribution in [-0.4, -0.2) is 4.57 Å². The second-order valence-electron chi connectivity index (χ2n) is 7.20. The molecule has 28 heavy (non-hydrogen) atoms. The van der Waals surface area contributed by atoms with Gasteiger partial charge in [0.05, 0.1) is 10.2 Å². The van der Waals surface area contributed by atoms with E-state index in [1.165, 1.54) is 53.6 Å². The van der Waals surface area contributed by atoms with E-state index in [0.717, 1.165) is 0 Å². The van der Waals surface area contributed by atoms with E-state index in [0.29, 0.717) is 0 Å². The van der Waals surface area contributed by atoms with Crippen molar-refractivity contribution in [1.29, 1.82) is 0 Å². The molecule has 0 bridgehead atoms. The van der Waals surface area contributed by atoms with E-state index in [4.69, 9.17) is 0 Å². The Morgan fingerprint density at radius 1 is 0.893 bits per heavy atom. The SMILES string of the molecule is C=C/C=C\c1c(C)n(-c2cccc(C)c2)c2c1ccc1c3ccccc3sc12. The van der Waals surface area contributed by atoms with Crippen molar-refractivity contribution in [2.75, 3.05) is 0 Å². The van der Waals surface area contributed by atoms with Crippen molar-refractivity contribution >= 4 is 48.5 Å². The molecule has 0 aliphatic carbocycles. The van der Waals surface area contributed by atoms with E-state index < -0.39 is 0 Å². The van der Waals surface area contributed by atoms with Crippen molar-refractivity contribution in [3.05, 3.63) is 96.2 Å². The highest BCUT2D eigenvalue weighted by Gasteiger charge is 2.18. The molecule has 3 aromatic carbocycles. The molecule has 2 heterocycles. The molecule has 0 N–H and O–H groups in total. The van der Waals surface area contributed by atoms with Gasteiger partial charge in [0.1, 0.15) is 0 Å². The normalized spacial score (nSPS) is 11.9. The Hall–Kier alpha value is -3.10. The van der Waals surface area contributed by atoms with Crippen LogP contribution in [0.1, 0.15) is 16.8 Å². The van der Waals surface area contributed by atoms with E-state index >= 15 is 0 Å². The molecule has 5 rings (SSSR count). The highest BCUT2D eigenvalue weighted by atomic mass is 32.1. The van der Waals surface area contributed by atoms with Crippen molar-refractivity contribution in [2.45, 2.75) is 13.8 Å². The highest BCUT2D eigenvalue weighted by molar-refractivity contribution is 7.26. The van der Waals surface area contributed by atoms with Gasteiger partial charge in [-0.3, -0.25) is 0 Å². The Bertz CT molecular complexity index is 1390. The smallest absolute Gasteiger partial charge is 0.0716 e. The number of rotatable bonds is 3. The minimum atomic E-state index is 1.21. The highest BCUT2D eigenvalue weighted by Crippen LogP contribution is 2.42. The summed E-state index contributed by atoms with van der Waals surface area (Å²) in [6.07, 6.45) is 6.04. The molecule has 0 saturated carbocycles. The van der Waals surface area contributed by atoms with Gasteiger partial charge in [0, 0.05) is 37.8 Å². The van der Waals surface area contributed by atoms with Gasteiger partial charge in [-0.05, 0) is 37.6 Å². The lowest BCUT2D eigenvalue weighted by molar-refractivity contribution is 1.05. The molecule has 0 radical (unpaired) electrons. The van der Waals surface area contributed by atoms with Crippen molar-refractivity contribution < 1.29 is 0 Å². The number of hydrogen-bond donors (Lipinski definition) is 0. The summed E-state index contributed by atoms with van der Waals surface area (Å²) >= 11 is 1.88. The molecule has 136 valence electrons. The molecular formula is C26H21NS. The minimum Gasteiger partial charge on any atom is -0.312 e. The first-order valence-corrected chi connectivity index (χ1v) is 10.3. The van der Waals surface area contributed by atoms with E-state index in [9.17, 15) is 0 Å². The standard InChI is InChI=1S/C26H21NS/c1-4-5-11-20-18(3)27(19-10-8-9-17(2)16-19)25-22(20)14-15-23-21-12-6-7-13-24(21)28-26(23)25/h4-16H,1H2,2-3H3/b11-5-. The molecule has 0 spiro atoms.